The van der Waals surface area contributed by atoms with Crippen LogP contribution >= 0.6 is 0 Å². The lowest BCUT2D eigenvalue weighted by molar-refractivity contribution is -0.114. The predicted molar refractivity (Wildman–Crippen MR) is 128 cm³/mol. The van der Waals surface area contributed by atoms with E-state index >= 15 is 0 Å². The molecule has 2 aromatic rings. The van der Waals surface area contributed by atoms with E-state index in [2.05, 4.69) is 23.8 Å². The third-order valence-corrected chi connectivity index (χ3v) is 6.13. The molecule has 1 aliphatic heterocycles. The average Bonchev–Trinajstić information content (AvgIpc) is 3.04. The number of benzene rings is 2. The number of ether oxygens (including phenoxy) is 1. The number of nitrogens with zero attached hydrogens (tertiary/aromatic N) is 3. The summed E-state index contributed by atoms with van der Waals surface area (Å²) in [5, 5.41) is 10.8. The van der Waals surface area contributed by atoms with Gasteiger partial charge in [-0.25, -0.2) is 13.6 Å². The third kappa shape index (κ3) is 4.84. The molecule has 1 aliphatic rings. The van der Waals surface area contributed by atoms with E-state index in [-0.39, 0.29) is 10.8 Å². The summed E-state index contributed by atoms with van der Waals surface area (Å²) < 4.78 is 28.8. The van der Waals surface area contributed by atoms with Crippen LogP contribution in [0.5, 0.6) is 5.75 Å². The number of sulfonamides is 1. The molecule has 0 spiro atoms. The third-order valence-electron chi connectivity index (χ3n) is 5.20. The van der Waals surface area contributed by atoms with Gasteiger partial charge < -0.3 is 9.64 Å². The molecule has 1 amide bonds. The number of carbonyl (C=O) groups is 1. The van der Waals surface area contributed by atoms with Crippen LogP contribution in [0.3, 0.4) is 0 Å². The number of rotatable bonds is 8. The van der Waals surface area contributed by atoms with Gasteiger partial charge in [0.1, 0.15) is 5.75 Å². The molecule has 170 valence electrons. The van der Waals surface area contributed by atoms with Crippen molar-refractivity contribution in [3.8, 4) is 5.75 Å². The van der Waals surface area contributed by atoms with E-state index in [9.17, 15) is 13.2 Å². The number of amides is 1. The summed E-state index contributed by atoms with van der Waals surface area (Å²) >= 11 is 0. The van der Waals surface area contributed by atoms with Crippen molar-refractivity contribution < 1.29 is 17.9 Å². The monoisotopic (exact) mass is 456 g/mol. The molecule has 2 N–H and O–H groups in total. The quantitative estimate of drug-likeness (QED) is 0.613. The molecule has 0 atom stereocenters. The first-order chi connectivity index (χ1) is 15.2. The van der Waals surface area contributed by atoms with E-state index in [1.54, 1.807) is 13.0 Å². The second kappa shape index (κ2) is 9.54. The van der Waals surface area contributed by atoms with E-state index in [4.69, 9.17) is 9.88 Å². The molecule has 0 bridgehead atoms. The highest BCUT2D eigenvalue weighted by Gasteiger charge is 2.29. The summed E-state index contributed by atoms with van der Waals surface area (Å²) in [7, 11) is -3.81. The Morgan fingerprint density at radius 1 is 1.09 bits per heavy atom. The zero-order valence-electron chi connectivity index (χ0n) is 18.7. The number of nitrogens with two attached hydrogens (primary N) is 1. The first-order valence-corrected chi connectivity index (χ1v) is 12.0. The average molecular weight is 457 g/mol. The summed E-state index contributed by atoms with van der Waals surface area (Å²) in [6.45, 7) is 10.1. The molecule has 1 heterocycles. The van der Waals surface area contributed by atoms with Gasteiger partial charge in [-0.15, -0.1) is 0 Å². The van der Waals surface area contributed by atoms with Gasteiger partial charge in [-0.2, -0.15) is 10.1 Å². The summed E-state index contributed by atoms with van der Waals surface area (Å²) in [6, 6.07) is 11.6. The smallest absolute Gasteiger partial charge is 0.280 e. The number of hydrogen-bond donors (Lipinski definition) is 1. The fraction of sp³-hybridized carbons (Fsp3) is 0.304. The fourth-order valence-corrected chi connectivity index (χ4v) is 4.02. The highest BCUT2D eigenvalue weighted by atomic mass is 32.2. The molecule has 3 rings (SSSR count). The van der Waals surface area contributed by atoms with Gasteiger partial charge in [0, 0.05) is 30.4 Å². The van der Waals surface area contributed by atoms with E-state index in [0.29, 0.717) is 29.3 Å². The van der Waals surface area contributed by atoms with Crippen molar-refractivity contribution >= 4 is 39.1 Å². The van der Waals surface area contributed by atoms with Crippen molar-refractivity contribution in [3.63, 3.8) is 0 Å². The second-order valence-corrected chi connectivity index (χ2v) is 8.79. The zero-order chi connectivity index (χ0) is 23.5. The maximum Gasteiger partial charge on any atom is 0.280 e. The maximum atomic E-state index is 13.1. The molecule has 2 aromatic carbocycles. The van der Waals surface area contributed by atoms with Crippen molar-refractivity contribution in [1.82, 2.24) is 0 Å². The van der Waals surface area contributed by atoms with E-state index < -0.39 is 10.0 Å². The van der Waals surface area contributed by atoms with E-state index in [1.165, 1.54) is 29.3 Å². The largest absolute Gasteiger partial charge is 0.493 e. The number of anilines is 2. The topological polar surface area (TPSA) is 105 Å². The van der Waals surface area contributed by atoms with Crippen LogP contribution in [0, 0.1) is 0 Å². The normalized spacial score (nSPS) is 15.3. The van der Waals surface area contributed by atoms with Crippen molar-refractivity contribution in [2.24, 2.45) is 10.2 Å². The summed E-state index contributed by atoms with van der Waals surface area (Å²) in [5.41, 5.74) is 3.29. The summed E-state index contributed by atoms with van der Waals surface area (Å²) in [5.74, 6) is 0.391. The Balaban J connectivity index is 1.94. The first kappa shape index (κ1) is 23.5. The van der Waals surface area contributed by atoms with Crippen molar-refractivity contribution in [1.29, 1.82) is 0 Å². The molecule has 0 aliphatic carbocycles. The molecule has 0 saturated heterocycles. The first-order valence-electron chi connectivity index (χ1n) is 10.5. The Bertz CT molecular complexity index is 1170. The highest BCUT2D eigenvalue weighted by Crippen LogP contribution is 2.31. The molecule has 0 fully saturated rings. The molecular formula is C23H28N4O4S. The standard InChI is InChI=1S/C23H28N4O4S/c1-5-26(6-2)19-9-8-17(22(15-19)31-7-3)14-21-16(4)25-27(23(21)28)18-10-12-20(13-11-18)32(24,29)30/h8-15H,5-7H2,1-4H3,(H2,24,29,30)/b21-14-. The maximum absolute atomic E-state index is 13.1. The number of primary sulfonamides is 1. The Morgan fingerprint density at radius 3 is 2.31 bits per heavy atom. The van der Waals surface area contributed by atoms with Gasteiger partial charge in [-0.05, 0) is 70.2 Å². The molecule has 0 saturated carbocycles. The molecular weight excluding hydrogens is 428 g/mol. The number of carbonyl (C=O) groups excluding carboxylic acids is 1. The Hall–Kier alpha value is -3.17. The van der Waals surface area contributed by atoms with Crippen LogP contribution in [0.4, 0.5) is 11.4 Å². The minimum atomic E-state index is -3.81. The van der Waals surface area contributed by atoms with Crippen LogP contribution in [0.15, 0.2) is 58.0 Å². The second-order valence-electron chi connectivity index (χ2n) is 7.23. The Labute approximate surface area is 189 Å². The van der Waals surface area contributed by atoms with Gasteiger partial charge in [0.05, 0.1) is 28.5 Å². The number of hydrogen-bond acceptors (Lipinski definition) is 6. The minimum Gasteiger partial charge on any atom is -0.493 e. The fourth-order valence-electron chi connectivity index (χ4n) is 3.50. The Morgan fingerprint density at radius 2 is 1.75 bits per heavy atom. The summed E-state index contributed by atoms with van der Waals surface area (Å²) in [4.78, 5) is 15.3. The lowest BCUT2D eigenvalue weighted by atomic mass is 10.1. The van der Waals surface area contributed by atoms with Crippen LogP contribution in [0.25, 0.3) is 6.08 Å². The van der Waals surface area contributed by atoms with Gasteiger partial charge in [0.2, 0.25) is 10.0 Å². The molecule has 32 heavy (non-hydrogen) atoms. The van der Waals surface area contributed by atoms with E-state index in [1.807, 2.05) is 25.1 Å². The van der Waals surface area contributed by atoms with Crippen LogP contribution in [-0.2, 0) is 14.8 Å². The van der Waals surface area contributed by atoms with Crippen molar-refractivity contribution in [2.45, 2.75) is 32.6 Å². The van der Waals surface area contributed by atoms with Gasteiger partial charge in [-0.3, -0.25) is 4.79 Å². The lowest BCUT2D eigenvalue weighted by Crippen LogP contribution is -2.22. The minimum absolute atomic E-state index is 0.0287. The van der Waals surface area contributed by atoms with Crippen LogP contribution in [0.2, 0.25) is 0 Å². The highest BCUT2D eigenvalue weighted by molar-refractivity contribution is 7.89. The molecule has 9 heteroatoms. The zero-order valence-corrected chi connectivity index (χ0v) is 19.5. The van der Waals surface area contributed by atoms with Gasteiger partial charge >= 0.3 is 0 Å². The van der Waals surface area contributed by atoms with E-state index in [0.717, 1.165) is 24.3 Å². The van der Waals surface area contributed by atoms with Crippen LogP contribution < -0.4 is 19.8 Å². The molecule has 0 aromatic heterocycles. The predicted octanol–water partition coefficient (Wildman–Crippen LogP) is 3.39. The van der Waals surface area contributed by atoms with Gasteiger partial charge in [-0.1, -0.05) is 0 Å². The lowest BCUT2D eigenvalue weighted by Gasteiger charge is -2.22. The van der Waals surface area contributed by atoms with Gasteiger partial charge in [0.25, 0.3) is 5.91 Å². The number of hydrazone groups is 1. The Kier molecular flexibility index (Phi) is 7.00. The molecule has 0 radical (unpaired) electrons. The van der Waals surface area contributed by atoms with Crippen LogP contribution in [0.1, 0.15) is 33.3 Å². The molecule has 8 nitrogen and oxygen atoms in total. The molecule has 0 unspecified atom stereocenters. The van der Waals surface area contributed by atoms with Crippen LogP contribution in [-0.4, -0.2) is 39.7 Å². The van der Waals surface area contributed by atoms with Crippen molar-refractivity contribution in [3.05, 3.63) is 53.6 Å². The van der Waals surface area contributed by atoms with Crippen molar-refractivity contribution in [2.75, 3.05) is 29.6 Å². The van der Waals surface area contributed by atoms with Gasteiger partial charge in [0.15, 0.2) is 0 Å². The summed E-state index contributed by atoms with van der Waals surface area (Å²) in [6.07, 6.45) is 1.77. The SMILES string of the molecule is CCOc1cc(N(CC)CC)ccc1/C=C1\C(=O)N(c2ccc(S(N)(=O)=O)cc2)N=C1C.